The molecule has 0 saturated heterocycles. The number of rotatable bonds is 2. The molecule has 0 radical (unpaired) electrons. The van der Waals surface area contributed by atoms with Crippen LogP contribution in [0.1, 0.15) is 5.56 Å². The highest BCUT2D eigenvalue weighted by atomic mass is 35.5. The Kier molecular flexibility index (Phi) is 4.38. The maximum absolute atomic E-state index is 12.6. The van der Waals surface area contributed by atoms with Gasteiger partial charge in [0, 0.05) is 16.1 Å². The Balaban J connectivity index is 1.85. The summed E-state index contributed by atoms with van der Waals surface area (Å²) >= 11 is 6.28. The molecule has 0 atom stereocenters. The number of amides is 1. The second kappa shape index (κ2) is 7.19. The first-order valence-corrected chi connectivity index (χ1v) is 9.81. The molecule has 29 heavy (non-hydrogen) atoms. The third kappa shape index (κ3) is 3.30. The molecule has 1 aliphatic heterocycles. The number of carbonyl (C=O) groups excluding carboxylic acids is 1. The Morgan fingerprint density at radius 3 is 2.38 bits per heavy atom. The summed E-state index contributed by atoms with van der Waals surface area (Å²) in [4.78, 5) is 17.7. The first-order chi connectivity index (χ1) is 14.2. The molecule has 5 rings (SSSR count). The van der Waals surface area contributed by atoms with Gasteiger partial charge in [0.05, 0.1) is 23.5 Å². The summed E-state index contributed by atoms with van der Waals surface area (Å²) in [7, 11) is 0. The molecule has 2 heterocycles. The van der Waals surface area contributed by atoms with Crippen LogP contribution in [0.15, 0.2) is 84.9 Å². The third-order valence-electron chi connectivity index (χ3n) is 5.12. The Morgan fingerprint density at radius 2 is 1.55 bits per heavy atom. The molecule has 1 aromatic heterocycles. The smallest absolute Gasteiger partial charge is 0.228 e. The molecular formula is C25H17ClN2O. The van der Waals surface area contributed by atoms with E-state index in [4.69, 9.17) is 16.6 Å². The van der Waals surface area contributed by atoms with Crippen LogP contribution in [-0.2, 0) is 11.2 Å². The van der Waals surface area contributed by atoms with Crippen molar-refractivity contribution in [2.24, 2.45) is 0 Å². The highest BCUT2D eigenvalue weighted by molar-refractivity contribution is 6.30. The van der Waals surface area contributed by atoms with Crippen molar-refractivity contribution in [3.63, 3.8) is 0 Å². The maximum atomic E-state index is 12.6. The molecule has 1 amide bonds. The van der Waals surface area contributed by atoms with Crippen molar-refractivity contribution in [3.05, 3.63) is 95.5 Å². The predicted octanol–water partition coefficient (Wildman–Crippen LogP) is 6.23. The molecule has 1 N–H and O–H groups in total. The first kappa shape index (κ1) is 17.7. The number of carbonyl (C=O) groups is 1. The summed E-state index contributed by atoms with van der Waals surface area (Å²) in [5.41, 5.74) is 7.29. The van der Waals surface area contributed by atoms with Crippen molar-refractivity contribution >= 4 is 23.2 Å². The van der Waals surface area contributed by atoms with Gasteiger partial charge in [-0.15, -0.1) is 0 Å². The van der Waals surface area contributed by atoms with Gasteiger partial charge in [0.1, 0.15) is 0 Å². The number of benzene rings is 3. The van der Waals surface area contributed by atoms with Gasteiger partial charge in [-0.05, 0) is 41.0 Å². The highest BCUT2D eigenvalue weighted by Crippen LogP contribution is 2.40. The number of halogens is 1. The molecule has 4 aromatic rings. The molecule has 0 fully saturated rings. The Bertz CT molecular complexity index is 1230. The summed E-state index contributed by atoms with van der Waals surface area (Å²) in [6.45, 7) is 0. The number of anilines is 1. The lowest BCUT2D eigenvalue weighted by Gasteiger charge is -2.16. The Hall–Kier alpha value is -3.43. The van der Waals surface area contributed by atoms with Gasteiger partial charge in [-0.25, -0.2) is 4.98 Å². The van der Waals surface area contributed by atoms with E-state index < -0.39 is 0 Å². The molecule has 0 saturated carbocycles. The molecule has 4 heteroatoms. The van der Waals surface area contributed by atoms with Crippen molar-refractivity contribution < 1.29 is 4.79 Å². The zero-order chi connectivity index (χ0) is 19.8. The number of hydrogen-bond acceptors (Lipinski definition) is 2. The van der Waals surface area contributed by atoms with E-state index in [0.717, 1.165) is 44.9 Å². The van der Waals surface area contributed by atoms with Crippen LogP contribution < -0.4 is 5.32 Å². The number of nitrogens with zero attached hydrogens (tertiary/aromatic N) is 1. The number of fused-ring (bicyclic) bond motifs is 3. The van der Waals surface area contributed by atoms with Gasteiger partial charge in [-0.3, -0.25) is 4.79 Å². The second-order valence-electron chi connectivity index (χ2n) is 7.03. The van der Waals surface area contributed by atoms with Gasteiger partial charge < -0.3 is 5.32 Å². The fourth-order valence-corrected chi connectivity index (χ4v) is 3.99. The SMILES string of the molecule is O=C1Cc2c(-c3cccc(Cl)c3)cc(-c3ccccc3)nc2-c2ccccc2N1. The van der Waals surface area contributed by atoms with E-state index in [9.17, 15) is 4.79 Å². The fraction of sp³-hybridized carbons (Fsp3) is 0.0400. The summed E-state index contributed by atoms with van der Waals surface area (Å²) in [6.07, 6.45) is 0.258. The van der Waals surface area contributed by atoms with E-state index in [0.29, 0.717) is 5.02 Å². The van der Waals surface area contributed by atoms with Gasteiger partial charge in [0.2, 0.25) is 5.91 Å². The van der Waals surface area contributed by atoms with Crippen LogP contribution in [0, 0.1) is 0 Å². The average Bonchev–Trinajstić information content (AvgIpc) is 2.89. The molecule has 0 spiro atoms. The zero-order valence-electron chi connectivity index (χ0n) is 15.5. The van der Waals surface area contributed by atoms with Crippen LogP contribution in [-0.4, -0.2) is 10.9 Å². The molecule has 0 unspecified atom stereocenters. The van der Waals surface area contributed by atoms with Crippen LogP contribution in [0.25, 0.3) is 33.6 Å². The standard InChI is InChI=1S/C25H17ClN2O/c26-18-10-6-9-17(13-18)20-14-23(16-7-2-1-3-8-16)28-25-19-11-4-5-12-22(19)27-24(29)15-21(20)25/h1-14H,15H2,(H,27,29). The van der Waals surface area contributed by atoms with E-state index in [1.807, 2.05) is 78.9 Å². The lowest BCUT2D eigenvalue weighted by Crippen LogP contribution is -2.13. The van der Waals surface area contributed by atoms with Gasteiger partial charge in [0.15, 0.2) is 0 Å². The lowest BCUT2D eigenvalue weighted by molar-refractivity contribution is -0.115. The number of para-hydroxylation sites is 1. The van der Waals surface area contributed by atoms with Crippen LogP contribution in [0.2, 0.25) is 5.02 Å². The first-order valence-electron chi connectivity index (χ1n) is 9.43. The fourth-order valence-electron chi connectivity index (χ4n) is 3.80. The number of pyridine rings is 1. The van der Waals surface area contributed by atoms with Gasteiger partial charge in [-0.1, -0.05) is 72.3 Å². The number of hydrogen-bond donors (Lipinski definition) is 1. The molecule has 0 bridgehead atoms. The average molecular weight is 397 g/mol. The number of aromatic nitrogens is 1. The minimum atomic E-state index is -0.0475. The second-order valence-corrected chi connectivity index (χ2v) is 7.47. The van der Waals surface area contributed by atoms with Crippen molar-refractivity contribution in [3.8, 4) is 33.6 Å². The summed E-state index contributed by atoms with van der Waals surface area (Å²) in [6, 6.07) is 27.7. The third-order valence-corrected chi connectivity index (χ3v) is 5.36. The van der Waals surface area contributed by atoms with E-state index in [1.165, 1.54) is 0 Å². The summed E-state index contributed by atoms with van der Waals surface area (Å²) in [5.74, 6) is -0.0475. The van der Waals surface area contributed by atoms with Crippen LogP contribution in [0.4, 0.5) is 5.69 Å². The molecule has 3 nitrogen and oxygen atoms in total. The minimum absolute atomic E-state index is 0.0475. The van der Waals surface area contributed by atoms with E-state index >= 15 is 0 Å². The van der Waals surface area contributed by atoms with Gasteiger partial charge >= 0.3 is 0 Å². The van der Waals surface area contributed by atoms with E-state index in [-0.39, 0.29) is 12.3 Å². The number of nitrogens with one attached hydrogen (secondary N) is 1. The molecule has 1 aliphatic rings. The molecule has 140 valence electrons. The summed E-state index contributed by atoms with van der Waals surface area (Å²) < 4.78 is 0. The van der Waals surface area contributed by atoms with E-state index in [1.54, 1.807) is 0 Å². The highest BCUT2D eigenvalue weighted by Gasteiger charge is 2.24. The molecular weight excluding hydrogens is 380 g/mol. The zero-order valence-corrected chi connectivity index (χ0v) is 16.3. The Labute approximate surface area is 174 Å². The van der Waals surface area contributed by atoms with E-state index in [2.05, 4.69) is 11.4 Å². The topological polar surface area (TPSA) is 42.0 Å². The molecule has 0 aliphatic carbocycles. The summed E-state index contributed by atoms with van der Waals surface area (Å²) in [5, 5.41) is 3.67. The van der Waals surface area contributed by atoms with Crippen LogP contribution in [0.3, 0.4) is 0 Å². The largest absolute Gasteiger partial charge is 0.325 e. The minimum Gasteiger partial charge on any atom is -0.325 e. The van der Waals surface area contributed by atoms with Crippen molar-refractivity contribution in [2.75, 3.05) is 5.32 Å². The van der Waals surface area contributed by atoms with Crippen molar-refractivity contribution in [1.82, 2.24) is 4.98 Å². The maximum Gasteiger partial charge on any atom is 0.228 e. The Morgan fingerprint density at radius 1 is 0.793 bits per heavy atom. The van der Waals surface area contributed by atoms with Crippen LogP contribution in [0.5, 0.6) is 0 Å². The van der Waals surface area contributed by atoms with Gasteiger partial charge in [-0.2, -0.15) is 0 Å². The monoisotopic (exact) mass is 396 g/mol. The van der Waals surface area contributed by atoms with Crippen molar-refractivity contribution in [1.29, 1.82) is 0 Å². The predicted molar refractivity (Wildman–Crippen MR) is 118 cm³/mol. The van der Waals surface area contributed by atoms with Gasteiger partial charge in [0.25, 0.3) is 0 Å². The lowest BCUT2D eigenvalue weighted by atomic mass is 9.92. The van der Waals surface area contributed by atoms with Crippen LogP contribution >= 0.6 is 11.6 Å². The quantitative estimate of drug-likeness (QED) is 0.436. The normalized spacial score (nSPS) is 12.5. The van der Waals surface area contributed by atoms with Crippen molar-refractivity contribution in [2.45, 2.75) is 6.42 Å². The molecule has 3 aromatic carbocycles.